The highest BCUT2D eigenvalue weighted by Gasteiger charge is 2.12. The largest absolute Gasteiger partial charge is 0.454 e. The van der Waals surface area contributed by atoms with Crippen molar-refractivity contribution in [3.63, 3.8) is 0 Å². The molecule has 1 heterocycles. The number of hydrogen-bond acceptors (Lipinski definition) is 3. The van der Waals surface area contributed by atoms with Crippen molar-refractivity contribution in [2.75, 3.05) is 13.3 Å². The Kier molecular flexibility index (Phi) is 4.68. The zero-order valence-corrected chi connectivity index (χ0v) is 10.5. The molecule has 0 radical (unpaired) electrons. The molecule has 0 fully saturated rings. The molecule has 0 amide bonds. The van der Waals surface area contributed by atoms with Crippen molar-refractivity contribution in [1.29, 1.82) is 0 Å². The van der Waals surface area contributed by atoms with Gasteiger partial charge in [-0.15, -0.1) is 0 Å². The van der Waals surface area contributed by atoms with Crippen LogP contribution in [0.2, 0.25) is 0 Å². The summed E-state index contributed by atoms with van der Waals surface area (Å²) in [5, 5.41) is 3.46. The Morgan fingerprint density at radius 2 is 2.00 bits per heavy atom. The first kappa shape index (κ1) is 12.2. The highest BCUT2D eigenvalue weighted by molar-refractivity contribution is 5.44. The van der Waals surface area contributed by atoms with Crippen LogP contribution in [0.4, 0.5) is 0 Å². The first-order chi connectivity index (χ1) is 8.40. The molecule has 0 atom stereocenters. The van der Waals surface area contributed by atoms with E-state index in [1.807, 2.05) is 6.07 Å². The second kappa shape index (κ2) is 6.50. The number of unbranched alkanes of at least 4 members (excludes halogenated alkanes) is 3. The maximum Gasteiger partial charge on any atom is 0.231 e. The van der Waals surface area contributed by atoms with Crippen LogP contribution < -0.4 is 14.8 Å². The molecule has 3 heteroatoms. The van der Waals surface area contributed by atoms with Crippen LogP contribution in [0.1, 0.15) is 38.2 Å². The van der Waals surface area contributed by atoms with E-state index in [2.05, 4.69) is 24.4 Å². The van der Waals surface area contributed by atoms with Crippen LogP contribution in [0.3, 0.4) is 0 Å². The number of nitrogens with one attached hydrogen (secondary N) is 1. The summed E-state index contributed by atoms with van der Waals surface area (Å²) in [5.74, 6) is 1.73. The lowest BCUT2D eigenvalue weighted by atomic mass is 10.2. The van der Waals surface area contributed by atoms with Crippen LogP contribution in [-0.2, 0) is 6.54 Å². The van der Waals surface area contributed by atoms with Crippen LogP contribution in [0.15, 0.2) is 18.2 Å². The van der Waals surface area contributed by atoms with Crippen molar-refractivity contribution in [3.05, 3.63) is 23.8 Å². The number of ether oxygens (including phenoxy) is 2. The molecule has 1 N–H and O–H groups in total. The van der Waals surface area contributed by atoms with Crippen LogP contribution in [-0.4, -0.2) is 13.3 Å². The molecule has 1 aliphatic rings. The molecule has 17 heavy (non-hydrogen) atoms. The highest BCUT2D eigenvalue weighted by atomic mass is 16.7. The summed E-state index contributed by atoms with van der Waals surface area (Å²) in [6.07, 6.45) is 5.22. The van der Waals surface area contributed by atoms with Gasteiger partial charge in [0, 0.05) is 6.54 Å². The second-order valence-electron chi connectivity index (χ2n) is 4.43. The second-order valence-corrected chi connectivity index (χ2v) is 4.43. The van der Waals surface area contributed by atoms with E-state index in [0.29, 0.717) is 6.79 Å². The maximum atomic E-state index is 5.35. The van der Waals surface area contributed by atoms with Crippen LogP contribution in [0.5, 0.6) is 11.5 Å². The third-order valence-electron chi connectivity index (χ3n) is 2.97. The molecule has 2 rings (SSSR count). The molecule has 0 unspecified atom stereocenters. The summed E-state index contributed by atoms with van der Waals surface area (Å²) in [6.45, 7) is 4.58. The van der Waals surface area contributed by atoms with Gasteiger partial charge in [-0.3, -0.25) is 0 Å². The molecule has 0 aliphatic carbocycles. The Labute approximate surface area is 103 Å². The van der Waals surface area contributed by atoms with E-state index in [0.717, 1.165) is 24.6 Å². The SMILES string of the molecule is CCCCCCNCc1ccc2c(c1)OCO2. The van der Waals surface area contributed by atoms with E-state index in [1.165, 1.54) is 31.2 Å². The number of rotatable bonds is 7. The van der Waals surface area contributed by atoms with E-state index < -0.39 is 0 Å². The topological polar surface area (TPSA) is 30.5 Å². The Balaban J connectivity index is 1.69. The average molecular weight is 235 g/mol. The Morgan fingerprint density at radius 1 is 1.12 bits per heavy atom. The van der Waals surface area contributed by atoms with Gasteiger partial charge in [0.15, 0.2) is 11.5 Å². The molecule has 0 saturated carbocycles. The quantitative estimate of drug-likeness (QED) is 0.737. The minimum absolute atomic E-state index is 0.350. The molecular weight excluding hydrogens is 214 g/mol. The average Bonchev–Trinajstić information content (AvgIpc) is 2.81. The highest BCUT2D eigenvalue weighted by Crippen LogP contribution is 2.32. The van der Waals surface area contributed by atoms with Gasteiger partial charge in [-0.05, 0) is 30.7 Å². The standard InChI is InChI=1S/C14H21NO2/c1-2-3-4-5-8-15-10-12-6-7-13-14(9-12)17-11-16-13/h6-7,9,15H,2-5,8,10-11H2,1H3. The van der Waals surface area contributed by atoms with Gasteiger partial charge in [0.05, 0.1) is 0 Å². The van der Waals surface area contributed by atoms with Gasteiger partial charge < -0.3 is 14.8 Å². The number of benzene rings is 1. The summed E-state index contributed by atoms with van der Waals surface area (Å²) in [4.78, 5) is 0. The van der Waals surface area contributed by atoms with Gasteiger partial charge >= 0.3 is 0 Å². The minimum atomic E-state index is 0.350. The molecule has 0 aromatic heterocycles. The fourth-order valence-electron chi connectivity index (χ4n) is 1.96. The van der Waals surface area contributed by atoms with E-state index in [-0.39, 0.29) is 0 Å². The first-order valence-corrected chi connectivity index (χ1v) is 6.49. The minimum Gasteiger partial charge on any atom is -0.454 e. The summed E-state index contributed by atoms with van der Waals surface area (Å²) in [5.41, 5.74) is 1.25. The number of fused-ring (bicyclic) bond motifs is 1. The lowest BCUT2D eigenvalue weighted by Crippen LogP contribution is -2.14. The Hall–Kier alpha value is -1.22. The van der Waals surface area contributed by atoms with Crippen molar-refractivity contribution in [2.24, 2.45) is 0 Å². The molecule has 0 saturated heterocycles. The molecule has 1 aromatic carbocycles. The molecule has 1 aliphatic heterocycles. The molecular formula is C14H21NO2. The van der Waals surface area contributed by atoms with Gasteiger partial charge in [0.1, 0.15) is 0 Å². The van der Waals surface area contributed by atoms with Crippen LogP contribution in [0.25, 0.3) is 0 Å². The van der Waals surface area contributed by atoms with Gasteiger partial charge in [0.2, 0.25) is 6.79 Å². The van der Waals surface area contributed by atoms with Gasteiger partial charge in [-0.2, -0.15) is 0 Å². The summed E-state index contributed by atoms with van der Waals surface area (Å²) in [7, 11) is 0. The van der Waals surface area contributed by atoms with E-state index in [1.54, 1.807) is 0 Å². The van der Waals surface area contributed by atoms with Crippen LogP contribution in [0, 0.1) is 0 Å². The van der Waals surface area contributed by atoms with Gasteiger partial charge in [0.25, 0.3) is 0 Å². The lowest BCUT2D eigenvalue weighted by molar-refractivity contribution is 0.174. The van der Waals surface area contributed by atoms with Gasteiger partial charge in [-0.25, -0.2) is 0 Å². The fourth-order valence-corrected chi connectivity index (χ4v) is 1.96. The maximum absolute atomic E-state index is 5.35. The van der Waals surface area contributed by atoms with Crippen molar-refractivity contribution in [1.82, 2.24) is 5.32 Å². The third kappa shape index (κ3) is 3.63. The molecule has 0 bridgehead atoms. The van der Waals surface area contributed by atoms with E-state index >= 15 is 0 Å². The van der Waals surface area contributed by atoms with E-state index in [4.69, 9.17) is 9.47 Å². The van der Waals surface area contributed by atoms with Crippen LogP contribution >= 0.6 is 0 Å². The van der Waals surface area contributed by atoms with Crippen molar-refractivity contribution < 1.29 is 9.47 Å². The molecule has 3 nitrogen and oxygen atoms in total. The summed E-state index contributed by atoms with van der Waals surface area (Å²) < 4.78 is 10.6. The van der Waals surface area contributed by atoms with Crippen molar-refractivity contribution >= 4 is 0 Å². The van der Waals surface area contributed by atoms with Crippen molar-refractivity contribution in [2.45, 2.75) is 39.2 Å². The smallest absolute Gasteiger partial charge is 0.231 e. The Morgan fingerprint density at radius 3 is 2.88 bits per heavy atom. The summed E-state index contributed by atoms with van der Waals surface area (Å²) >= 11 is 0. The predicted octanol–water partition coefficient (Wildman–Crippen LogP) is 3.09. The molecule has 1 aromatic rings. The fraction of sp³-hybridized carbons (Fsp3) is 0.571. The predicted molar refractivity (Wildman–Crippen MR) is 68.4 cm³/mol. The zero-order chi connectivity index (χ0) is 11.9. The first-order valence-electron chi connectivity index (χ1n) is 6.49. The van der Waals surface area contributed by atoms with E-state index in [9.17, 15) is 0 Å². The normalized spacial score (nSPS) is 13.0. The molecule has 94 valence electrons. The monoisotopic (exact) mass is 235 g/mol. The Bertz CT molecular complexity index is 352. The third-order valence-corrected chi connectivity index (χ3v) is 2.97. The zero-order valence-electron chi connectivity index (χ0n) is 10.5. The lowest BCUT2D eigenvalue weighted by Gasteiger charge is -2.05. The summed E-state index contributed by atoms with van der Waals surface area (Å²) in [6, 6.07) is 6.13. The van der Waals surface area contributed by atoms with Crippen molar-refractivity contribution in [3.8, 4) is 11.5 Å². The van der Waals surface area contributed by atoms with Gasteiger partial charge in [-0.1, -0.05) is 32.3 Å². The molecule has 0 spiro atoms. The number of hydrogen-bond donors (Lipinski definition) is 1.